The molecule has 0 spiro atoms. The van der Waals surface area contributed by atoms with Crippen LogP contribution in [0.25, 0.3) is 0 Å². The van der Waals surface area contributed by atoms with Crippen LogP contribution in [0.3, 0.4) is 0 Å². The summed E-state index contributed by atoms with van der Waals surface area (Å²) in [7, 11) is 1.87. The van der Waals surface area contributed by atoms with Crippen molar-refractivity contribution in [3.63, 3.8) is 0 Å². The molecule has 0 radical (unpaired) electrons. The van der Waals surface area contributed by atoms with Crippen molar-refractivity contribution in [1.82, 2.24) is 20.4 Å². The smallest absolute Gasteiger partial charge is 0.191 e. The number of hydrogen-bond acceptors (Lipinski definition) is 3. The van der Waals surface area contributed by atoms with Crippen LogP contribution in [0.15, 0.2) is 4.99 Å². The molecule has 1 atom stereocenters. The van der Waals surface area contributed by atoms with E-state index >= 15 is 0 Å². The van der Waals surface area contributed by atoms with Crippen LogP contribution < -0.4 is 10.6 Å². The van der Waals surface area contributed by atoms with Crippen LogP contribution in [0.2, 0.25) is 0 Å². The molecule has 25 heavy (non-hydrogen) atoms. The standard InChI is InChI=1S/C19H39N5.HI/c1-17(15-23-10-8-9-11-23)14-21-18(20-4)22-16-19(2,3)24-12-6-5-7-13-24;/h17H,5-16H2,1-4H3,(H2,20,21,22);1H. The third-order valence-corrected chi connectivity index (χ3v) is 5.51. The molecule has 2 rings (SSSR count). The average molecular weight is 465 g/mol. The second-order valence-corrected chi connectivity index (χ2v) is 8.28. The van der Waals surface area contributed by atoms with Gasteiger partial charge in [-0.15, -0.1) is 24.0 Å². The zero-order valence-corrected chi connectivity index (χ0v) is 19.1. The topological polar surface area (TPSA) is 42.9 Å². The maximum atomic E-state index is 4.40. The first-order valence-electron chi connectivity index (χ1n) is 9.93. The first-order chi connectivity index (χ1) is 11.5. The lowest BCUT2D eigenvalue weighted by Crippen LogP contribution is -2.55. The summed E-state index contributed by atoms with van der Waals surface area (Å²) in [6.45, 7) is 15.2. The van der Waals surface area contributed by atoms with E-state index in [1.165, 1.54) is 64.8 Å². The van der Waals surface area contributed by atoms with E-state index in [-0.39, 0.29) is 29.5 Å². The van der Waals surface area contributed by atoms with Crippen molar-refractivity contribution in [2.75, 3.05) is 52.9 Å². The van der Waals surface area contributed by atoms with Gasteiger partial charge in [0, 0.05) is 32.2 Å². The summed E-state index contributed by atoms with van der Waals surface area (Å²) in [5.74, 6) is 1.59. The van der Waals surface area contributed by atoms with Crippen LogP contribution in [-0.4, -0.2) is 74.2 Å². The number of halogens is 1. The third-order valence-electron chi connectivity index (χ3n) is 5.51. The van der Waals surface area contributed by atoms with Crippen molar-refractivity contribution < 1.29 is 0 Å². The van der Waals surface area contributed by atoms with E-state index in [1.54, 1.807) is 0 Å². The predicted molar refractivity (Wildman–Crippen MR) is 119 cm³/mol. The van der Waals surface area contributed by atoms with E-state index < -0.39 is 0 Å². The molecule has 5 nitrogen and oxygen atoms in total. The lowest BCUT2D eigenvalue weighted by atomic mass is 9.98. The largest absolute Gasteiger partial charge is 0.356 e. The van der Waals surface area contributed by atoms with Crippen LogP contribution in [-0.2, 0) is 0 Å². The minimum Gasteiger partial charge on any atom is -0.356 e. The van der Waals surface area contributed by atoms with E-state index in [0.717, 1.165) is 19.0 Å². The van der Waals surface area contributed by atoms with E-state index in [4.69, 9.17) is 0 Å². The molecule has 148 valence electrons. The quantitative estimate of drug-likeness (QED) is 0.345. The Morgan fingerprint density at radius 2 is 1.60 bits per heavy atom. The van der Waals surface area contributed by atoms with Crippen LogP contribution in [0, 0.1) is 5.92 Å². The van der Waals surface area contributed by atoms with Gasteiger partial charge in [0.15, 0.2) is 5.96 Å². The second kappa shape index (κ2) is 11.6. The van der Waals surface area contributed by atoms with Gasteiger partial charge in [-0.1, -0.05) is 13.3 Å². The van der Waals surface area contributed by atoms with Crippen molar-refractivity contribution in [3.05, 3.63) is 0 Å². The summed E-state index contributed by atoms with van der Waals surface area (Å²) in [5, 5.41) is 7.05. The Bertz CT molecular complexity index is 387. The molecular weight excluding hydrogens is 425 g/mol. The zero-order valence-electron chi connectivity index (χ0n) is 16.8. The maximum absolute atomic E-state index is 4.40. The van der Waals surface area contributed by atoms with Crippen molar-refractivity contribution in [1.29, 1.82) is 0 Å². The van der Waals surface area contributed by atoms with Gasteiger partial charge < -0.3 is 15.5 Å². The molecule has 2 heterocycles. The number of rotatable bonds is 7. The lowest BCUT2D eigenvalue weighted by Gasteiger charge is -2.41. The monoisotopic (exact) mass is 465 g/mol. The van der Waals surface area contributed by atoms with Crippen molar-refractivity contribution in [3.8, 4) is 0 Å². The van der Waals surface area contributed by atoms with E-state index in [0.29, 0.717) is 5.92 Å². The molecule has 2 aliphatic heterocycles. The van der Waals surface area contributed by atoms with Crippen molar-refractivity contribution in [2.24, 2.45) is 10.9 Å². The number of aliphatic imine (C=N–C) groups is 1. The summed E-state index contributed by atoms with van der Waals surface area (Å²) in [5.41, 5.74) is 0.180. The normalized spacial score (nSPS) is 21.7. The fourth-order valence-corrected chi connectivity index (χ4v) is 3.87. The molecule has 2 fully saturated rings. The number of guanidine groups is 1. The predicted octanol–water partition coefficient (Wildman–Crippen LogP) is 2.77. The van der Waals surface area contributed by atoms with Crippen LogP contribution in [0.5, 0.6) is 0 Å². The highest BCUT2D eigenvalue weighted by atomic mass is 127. The molecular formula is C19H40IN5. The van der Waals surface area contributed by atoms with Gasteiger partial charge in [0.05, 0.1) is 0 Å². The molecule has 0 aromatic rings. The van der Waals surface area contributed by atoms with Crippen molar-refractivity contribution in [2.45, 2.75) is 58.4 Å². The minimum atomic E-state index is 0. The third kappa shape index (κ3) is 7.99. The fourth-order valence-electron chi connectivity index (χ4n) is 3.87. The van der Waals surface area contributed by atoms with Gasteiger partial charge in [-0.25, -0.2) is 0 Å². The average Bonchev–Trinajstić information content (AvgIpc) is 3.08. The number of nitrogens with zero attached hydrogens (tertiary/aromatic N) is 3. The van der Waals surface area contributed by atoms with Crippen LogP contribution >= 0.6 is 24.0 Å². The van der Waals surface area contributed by atoms with Crippen molar-refractivity contribution >= 4 is 29.9 Å². The molecule has 0 saturated carbocycles. The van der Waals surface area contributed by atoms with Gasteiger partial charge in [-0.05, 0) is 71.6 Å². The Morgan fingerprint density at radius 1 is 1.00 bits per heavy atom. The van der Waals surface area contributed by atoms with Gasteiger partial charge in [0.25, 0.3) is 0 Å². The second-order valence-electron chi connectivity index (χ2n) is 8.28. The Labute approximate surface area is 172 Å². The highest BCUT2D eigenvalue weighted by Crippen LogP contribution is 2.19. The zero-order chi connectivity index (χ0) is 17.4. The van der Waals surface area contributed by atoms with E-state index in [1.807, 2.05) is 7.05 Å². The van der Waals surface area contributed by atoms with E-state index in [9.17, 15) is 0 Å². The van der Waals surface area contributed by atoms with E-state index in [2.05, 4.69) is 46.2 Å². The Morgan fingerprint density at radius 3 is 2.20 bits per heavy atom. The summed E-state index contributed by atoms with van der Waals surface area (Å²) in [4.78, 5) is 9.61. The summed E-state index contributed by atoms with van der Waals surface area (Å²) >= 11 is 0. The summed E-state index contributed by atoms with van der Waals surface area (Å²) in [6, 6.07) is 0. The van der Waals surface area contributed by atoms with Gasteiger partial charge in [0.2, 0.25) is 0 Å². The Hall–Kier alpha value is -0.0800. The number of piperidine rings is 1. The maximum Gasteiger partial charge on any atom is 0.191 e. The SMILES string of the molecule is CN=C(NCC(C)CN1CCCC1)NCC(C)(C)N1CCCCC1.I. The molecule has 2 aliphatic rings. The molecule has 6 heteroatoms. The van der Waals surface area contributed by atoms with Gasteiger partial charge in [0.1, 0.15) is 0 Å². The molecule has 1 unspecified atom stereocenters. The molecule has 0 aromatic carbocycles. The molecule has 0 aliphatic carbocycles. The van der Waals surface area contributed by atoms with Gasteiger partial charge in [-0.2, -0.15) is 0 Å². The summed E-state index contributed by atoms with van der Waals surface area (Å²) < 4.78 is 0. The van der Waals surface area contributed by atoms with Gasteiger partial charge in [-0.3, -0.25) is 9.89 Å². The van der Waals surface area contributed by atoms with Crippen LogP contribution in [0.4, 0.5) is 0 Å². The fraction of sp³-hybridized carbons (Fsp3) is 0.947. The summed E-state index contributed by atoms with van der Waals surface area (Å²) in [6.07, 6.45) is 6.80. The molecule has 2 saturated heterocycles. The van der Waals surface area contributed by atoms with Crippen LogP contribution in [0.1, 0.15) is 52.9 Å². The number of hydrogen-bond donors (Lipinski definition) is 2. The van der Waals surface area contributed by atoms with Gasteiger partial charge >= 0.3 is 0 Å². The lowest BCUT2D eigenvalue weighted by molar-refractivity contribution is 0.0982. The number of likely N-dealkylation sites (tertiary alicyclic amines) is 2. The highest BCUT2D eigenvalue weighted by molar-refractivity contribution is 14.0. The first-order valence-corrected chi connectivity index (χ1v) is 9.93. The highest BCUT2D eigenvalue weighted by Gasteiger charge is 2.27. The minimum absolute atomic E-state index is 0. The number of nitrogens with one attached hydrogen (secondary N) is 2. The first kappa shape index (κ1) is 23.0. The molecule has 0 amide bonds. The Balaban J connectivity index is 0.00000312. The molecule has 0 bridgehead atoms. The Kier molecular flexibility index (Phi) is 10.6. The molecule has 0 aromatic heterocycles. The molecule has 2 N–H and O–H groups in total.